The SMILES string of the molecule is CC(C)c1ccc2c(Nc3cc(C(=O)Nc4ccc(-c5c[nH]c([C@]6(C(=O)Cc7ccccc7)CCCN6)n5)cc4)ccc3Sc3ccc(N)cc3)ncnc2n1. The number of amides is 1. The smallest absolute Gasteiger partial charge is 0.255 e. The van der Waals surface area contributed by atoms with Crippen molar-refractivity contribution in [1.29, 1.82) is 0 Å². The maximum Gasteiger partial charge on any atom is 0.255 e. The Morgan fingerprint density at radius 3 is 2.46 bits per heavy atom. The Hall–Kier alpha value is -6.37. The lowest BCUT2D eigenvalue weighted by atomic mass is 9.87. The van der Waals surface area contributed by atoms with E-state index in [1.54, 1.807) is 17.8 Å². The third-order valence-corrected chi connectivity index (χ3v) is 11.1. The van der Waals surface area contributed by atoms with Crippen molar-refractivity contribution in [1.82, 2.24) is 30.2 Å². The summed E-state index contributed by atoms with van der Waals surface area (Å²) < 4.78 is 0. The molecule has 0 saturated carbocycles. The fraction of sp³-hybridized carbons (Fsp3) is 0.182. The van der Waals surface area contributed by atoms with Crippen LogP contribution in [0.15, 0.2) is 132 Å². The van der Waals surface area contributed by atoms with Crippen LogP contribution in [0.5, 0.6) is 0 Å². The number of H-pyrrole nitrogens is 1. The summed E-state index contributed by atoms with van der Waals surface area (Å²) in [4.78, 5) is 51.2. The highest BCUT2D eigenvalue weighted by Gasteiger charge is 2.44. The highest BCUT2D eigenvalue weighted by Crippen LogP contribution is 2.37. The minimum Gasteiger partial charge on any atom is -0.399 e. The van der Waals surface area contributed by atoms with Gasteiger partial charge in [0, 0.05) is 50.6 Å². The number of nitrogens with one attached hydrogen (secondary N) is 4. The highest BCUT2D eigenvalue weighted by molar-refractivity contribution is 7.99. The van der Waals surface area contributed by atoms with Crippen LogP contribution in [0.1, 0.15) is 60.0 Å². The van der Waals surface area contributed by atoms with Gasteiger partial charge in [-0.2, -0.15) is 0 Å². The molecule has 1 atom stereocenters. The number of carbonyl (C=O) groups is 2. The zero-order valence-electron chi connectivity index (χ0n) is 31.0. The van der Waals surface area contributed by atoms with Crippen molar-refractivity contribution in [3.8, 4) is 11.3 Å². The van der Waals surface area contributed by atoms with E-state index in [9.17, 15) is 9.59 Å². The van der Waals surface area contributed by atoms with Crippen molar-refractivity contribution in [2.45, 2.75) is 54.4 Å². The van der Waals surface area contributed by atoms with Gasteiger partial charge in [0.1, 0.15) is 23.5 Å². The number of nitrogens with two attached hydrogens (primary N) is 1. The number of imidazole rings is 1. The Morgan fingerprint density at radius 2 is 1.71 bits per heavy atom. The average Bonchev–Trinajstić information content (AvgIpc) is 3.92. The number of fused-ring (bicyclic) bond motifs is 1. The van der Waals surface area contributed by atoms with Gasteiger partial charge in [0.2, 0.25) is 0 Å². The number of nitrogen functional groups attached to an aromatic ring is 1. The van der Waals surface area contributed by atoms with Crippen LogP contribution in [0.25, 0.3) is 22.3 Å². The summed E-state index contributed by atoms with van der Waals surface area (Å²) in [7, 11) is 0. The Balaban J connectivity index is 1.02. The van der Waals surface area contributed by atoms with Crippen LogP contribution in [0, 0.1) is 0 Å². The van der Waals surface area contributed by atoms with E-state index in [0.29, 0.717) is 52.8 Å². The molecule has 1 aliphatic rings. The van der Waals surface area contributed by atoms with E-state index in [4.69, 9.17) is 15.7 Å². The lowest BCUT2D eigenvalue weighted by Crippen LogP contribution is -2.46. The normalized spacial score (nSPS) is 15.3. The summed E-state index contributed by atoms with van der Waals surface area (Å²) in [6, 6.07) is 34.5. The third kappa shape index (κ3) is 7.75. The quantitative estimate of drug-likeness (QED) is 0.0762. The molecule has 0 aliphatic carbocycles. The standard InChI is InChI=1S/C44H41N9O2S/c1-27(2)35-19-18-34-40(51-35)47-26-48-41(34)52-36-24-30(11-20-38(36)56-33-16-12-31(45)13-17-33)42(55)50-32-14-9-29(10-15-32)37-25-46-43(53-37)44(21-6-22-49-44)39(54)23-28-7-4-3-5-8-28/h3-5,7-20,24-27,49H,6,21-23,45H2,1-2H3,(H,46,53)(H,50,55)(H,47,48,51,52)/t44-/m1/s1. The molecule has 7 aromatic rings. The van der Waals surface area contributed by atoms with Gasteiger partial charge >= 0.3 is 0 Å². The van der Waals surface area contributed by atoms with E-state index in [0.717, 1.165) is 50.7 Å². The molecule has 1 saturated heterocycles. The van der Waals surface area contributed by atoms with E-state index in [1.165, 1.54) is 6.33 Å². The summed E-state index contributed by atoms with van der Waals surface area (Å²) in [5.41, 5.74) is 11.7. The zero-order valence-corrected chi connectivity index (χ0v) is 31.9. The second-order valence-electron chi connectivity index (χ2n) is 14.2. The second kappa shape index (κ2) is 15.8. The molecule has 0 spiro atoms. The van der Waals surface area contributed by atoms with Crippen LogP contribution < -0.4 is 21.7 Å². The van der Waals surface area contributed by atoms with Crippen molar-refractivity contribution >= 4 is 57.4 Å². The van der Waals surface area contributed by atoms with Crippen molar-refractivity contribution in [3.05, 3.63) is 144 Å². The Labute approximate surface area is 329 Å². The largest absolute Gasteiger partial charge is 0.399 e. The van der Waals surface area contributed by atoms with Gasteiger partial charge in [-0.3, -0.25) is 14.9 Å². The van der Waals surface area contributed by atoms with Gasteiger partial charge in [-0.25, -0.2) is 19.9 Å². The molecule has 6 N–H and O–H groups in total. The van der Waals surface area contributed by atoms with E-state index >= 15 is 0 Å². The number of anilines is 4. The molecule has 56 heavy (non-hydrogen) atoms. The first kappa shape index (κ1) is 36.6. The number of carbonyl (C=O) groups excluding carboxylic acids is 2. The lowest BCUT2D eigenvalue weighted by Gasteiger charge is -2.26. The van der Waals surface area contributed by atoms with Crippen molar-refractivity contribution in [2.75, 3.05) is 22.9 Å². The summed E-state index contributed by atoms with van der Waals surface area (Å²) in [6.07, 6.45) is 5.23. The molecule has 11 nitrogen and oxygen atoms in total. The molecule has 1 amide bonds. The number of hydrogen-bond donors (Lipinski definition) is 5. The minimum atomic E-state index is -0.854. The van der Waals surface area contributed by atoms with Crippen molar-refractivity contribution < 1.29 is 9.59 Å². The van der Waals surface area contributed by atoms with E-state index in [-0.39, 0.29) is 17.6 Å². The van der Waals surface area contributed by atoms with Crippen LogP contribution >= 0.6 is 11.8 Å². The molecule has 0 radical (unpaired) electrons. The molecule has 8 rings (SSSR count). The Kier molecular flexibility index (Phi) is 10.3. The molecular formula is C44H41N9O2S. The lowest BCUT2D eigenvalue weighted by molar-refractivity contribution is -0.124. The molecule has 1 fully saturated rings. The number of nitrogens with zero attached hydrogens (tertiary/aromatic N) is 4. The van der Waals surface area contributed by atoms with Gasteiger partial charge in [-0.1, -0.05) is 68.1 Å². The predicted octanol–water partition coefficient (Wildman–Crippen LogP) is 8.66. The van der Waals surface area contributed by atoms with Gasteiger partial charge < -0.3 is 21.4 Å². The maximum atomic E-state index is 13.7. The first-order valence-electron chi connectivity index (χ1n) is 18.6. The van der Waals surface area contributed by atoms with E-state index in [1.807, 2.05) is 109 Å². The molecular weight excluding hydrogens is 719 g/mol. The summed E-state index contributed by atoms with van der Waals surface area (Å²) >= 11 is 1.55. The van der Waals surface area contributed by atoms with Crippen LogP contribution in [0.3, 0.4) is 0 Å². The van der Waals surface area contributed by atoms with Crippen molar-refractivity contribution in [3.63, 3.8) is 0 Å². The fourth-order valence-electron chi connectivity index (χ4n) is 6.89. The Morgan fingerprint density at radius 1 is 0.911 bits per heavy atom. The number of ketones is 1. The number of pyridine rings is 1. The number of aromatic nitrogens is 5. The average molecular weight is 760 g/mol. The van der Waals surface area contributed by atoms with Crippen molar-refractivity contribution in [2.24, 2.45) is 0 Å². The molecule has 0 bridgehead atoms. The number of Topliss-reactive ketones (excluding diaryl/α,β-unsaturated/α-hetero) is 1. The van der Waals surface area contributed by atoms with Gasteiger partial charge in [-0.15, -0.1) is 0 Å². The second-order valence-corrected chi connectivity index (χ2v) is 15.3. The molecule has 12 heteroatoms. The van der Waals surface area contributed by atoms with Crippen LogP contribution in [-0.2, 0) is 16.8 Å². The summed E-state index contributed by atoms with van der Waals surface area (Å²) in [5, 5.41) is 10.7. The molecule has 280 valence electrons. The minimum absolute atomic E-state index is 0.0954. The van der Waals surface area contributed by atoms with Gasteiger partial charge in [-0.05, 0) is 97.6 Å². The first-order chi connectivity index (χ1) is 27.2. The Bertz CT molecular complexity index is 2510. The summed E-state index contributed by atoms with van der Waals surface area (Å²) in [6.45, 7) is 4.94. The van der Waals surface area contributed by atoms with Gasteiger partial charge in [0.25, 0.3) is 5.91 Å². The number of benzene rings is 4. The molecule has 4 aromatic carbocycles. The van der Waals surface area contributed by atoms with Gasteiger partial charge in [0.15, 0.2) is 11.4 Å². The molecule has 4 heterocycles. The molecule has 3 aromatic heterocycles. The topological polar surface area (TPSA) is 164 Å². The highest BCUT2D eigenvalue weighted by atomic mass is 32.2. The third-order valence-electron chi connectivity index (χ3n) is 9.97. The van der Waals surface area contributed by atoms with Crippen LogP contribution in [-0.4, -0.2) is 43.2 Å². The zero-order chi connectivity index (χ0) is 38.6. The first-order valence-corrected chi connectivity index (χ1v) is 19.4. The fourth-order valence-corrected chi connectivity index (χ4v) is 7.77. The monoisotopic (exact) mass is 759 g/mol. The summed E-state index contributed by atoms with van der Waals surface area (Å²) in [5.74, 6) is 1.29. The van der Waals surface area contributed by atoms with Crippen LogP contribution in [0.2, 0.25) is 0 Å². The number of rotatable bonds is 12. The maximum absolute atomic E-state index is 13.7. The van der Waals surface area contributed by atoms with Gasteiger partial charge in [0.05, 0.1) is 16.8 Å². The van der Waals surface area contributed by atoms with E-state index in [2.05, 4.69) is 44.7 Å². The number of aromatic amines is 1. The van der Waals surface area contributed by atoms with E-state index < -0.39 is 5.54 Å². The number of hydrogen-bond acceptors (Lipinski definition) is 10. The molecule has 1 aliphatic heterocycles. The predicted molar refractivity (Wildman–Crippen MR) is 222 cm³/mol. The molecule has 0 unspecified atom stereocenters. The van der Waals surface area contributed by atoms with Crippen LogP contribution in [0.4, 0.5) is 22.9 Å².